The van der Waals surface area contributed by atoms with E-state index in [2.05, 4.69) is 96.0 Å². The minimum atomic E-state index is -3.56. The maximum absolute atomic E-state index is 11.0. The number of hydrogen-bond acceptors (Lipinski definition) is 9. The van der Waals surface area contributed by atoms with Gasteiger partial charge in [-0.15, -0.1) is 39.5 Å². The number of aldehydes is 1. The lowest BCUT2D eigenvalue weighted by Crippen LogP contribution is -2.64. The highest BCUT2D eigenvalue weighted by Crippen LogP contribution is 2.32. The Morgan fingerprint density at radius 3 is 1.23 bits per heavy atom. The molecule has 0 aliphatic heterocycles. The van der Waals surface area contributed by atoms with Crippen molar-refractivity contribution in [1.82, 2.24) is 0 Å². The van der Waals surface area contributed by atoms with Crippen LogP contribution in [0.15, 0.2) is 124 Å². The number of carbonyl (C=O) groups is 1. The second-order valence-electron chi connectivity index (χ2n) is 19.3. The lowest BCUT2D eigenvalue weighted by molar-refractivity contribution is -0.0388. The van der Waals surface area contributed by atoms with Crippen LogP contribution in [0.3, 0.4) is 0 Å². The summed E-state index contributed by atoms with van der Waals surface area (Å²) in [6.45, 7) is 47.7. The number of methoxy groups -OCH3 is 1. The standard InChI is InChI=1S/C24H46O7Si3.C19H28OSi.C11H22OSi2/c1-19(2)26-33(27-20(3)4,17-11-12-23-13-15-24(18-25)16-14-23)31-34(28-21(5)6,29-22(7)8)30-32(9)10;1-5-14-21(15-6-2,16-7-3)17-8-9-18-10-12-19(20-4)13-11-18;1-6-9-14(10-7-2,11-8-3)12-13(4)5/h13-16,18-22,32H,11-12,17H2,1-10H3;5-7,10-13H,1-3,8-9,14-17H2,4H3;6-8,13H,1-3,9-11H2,4-5H3. The molecule has 0 bridgehead atoms. The van der Waals surface area contributed by atoms with Gasteiger partial charge in [0.25, 0.3) is 0 Å². The number of aryl methyl sites for hydroxylation is 2. The van der Waals surface area contributed by atoms with Crippen LogP contribution in [0, 0.1) is 0 Å². The third-order valence-electron chi connectivity index (χ3n) is 10.4. The van der Waals surface area contributed by atoms with E-state index in [-0.39, 0.29) is 24.4 Å². The first-order chi connectivity index (χ1) is 32.6. The predicted molar refractivity (Wildman–Crippen MR) is 310 cm³/mol. The van der Waals surface area contributed by atoms with Crippen molar-refractivity contribution in [3.8, 4) is 5.75 Å². The van der Waals surface area contributed by atoms with Gasteiger partial charge in [0.15, 0.2) is 26.4 Å². The van der Waals surface area contributed by atoms with E-state index in [1.165, 1.54) is 18.0 Å². The number of carbonyl (C=O) groups excluding carboxylic acids is 1. The highest BCUT2D eigenvalue weighted by molar-refractivity contribution is 6.81. The predicted octanol–water partition coefficient (Wildman–Crippen LogP) is 14.6. The molecule has 0 amide bonds. The van der Waals surface area contributed by atoms with E-state index >= 15 is 0 Å². The molecule has 2 aromatic carbocycles. The zero-order valence-electron chi connectivity index (χ0n) is 45.5. The van der Waals surface area contributed by atoms with Crippen LogP contribution in [0.25, 0.3) is 0 Å². The topological polar surface area (TPSA) is 90.9 Å². The van der Waals surface area contributed by atoms with Crippen molar-refractivity contribution in [3.05, 3.63) is 141 Å². The van der Waals surface area contributed by atoms with Gasteiger partial charge in [-0.2, -0.15) is 0 Å². The Morgan fingerprint density at radius 2 is 0.899 bits per heavy atom. The van der Waals surface area contributed by atoms with E-state index in [1.54, 1.807) is 7.11 Å². The van der Waals surface area contributed by atoms with Crippen LogP contribution in [-0.4, -0.2) is 90.1 Å². The lowest BCUT2D eigenvalue weighted by atomic mass is 10.1. The zero-order chi connectivity index (χ0) is 52.5. The molecule has 9 nitrogen and oxygen atoms in total. The molecule has 0 fully saturated rings. The molecule has 2 rings (SSSR count). The summed E-state index contributed by atoms with van der Waals surface area (Å²) >= 11 is 0. The fourth-order valence-corrected chi connectivity index (χ4v) is 28.8. The summed E-state index contributed by atoms with van der Waals surface area (Å²) in [6.07, 6.45) is 16.6. The van der Waals surface area contributed by atoms with Crippen molar-refractivity contribution in [2.24, 2.45) is 0 Å². The van der Waals surface area contributed by atoms with E-state index in [9.17, 15) is 4.79 Å². The number of benzene rings is 2. The Morgan fingerprint density at radius 1 is 0.522 bits per heavy atom. The van der Waals surface area contributed by atoms with E-state index in [0.717, 1.165) is 73.1 Å². The summed E-state index contributed by atoms with van der Waals surface area (Å²) in [6, 6.07) is 24.5. The van der Waals surface area contributed by atoms with Crippen LogP contribution in [0.1, 0.15) is 89.7 Å². The van der Waals surface area contributed by atoms with Crippen LogP contribution < -0.4 is 4.74 Å². The molecule has 0 atom stereocenters. The first-order valence-corrected chi connectivity index (χ1v) is 39.7. The SMILES string of the molecule is C=CC[Si](CC=C)(CC=C)CCCc1ccc(OC)cc1.C=CC[Si](CC=C)(CC=C)O[SiH](C)C.CC(C)O[Si](CCCc1ccc(C=O)cc1)(OC(C)C)O[Si](OC(C)C)(OC(C)C)O[SiH](C)C. The first kappa shape index (κ1) is 66.4. The Balaban J connectivity index is 0.00000112. The van der Waals surface area contributed by atoms with E-state index in [4.69, 9.17) is 34.8 Å². The smallest absolute Gasteiger partial charge is 0.497 e. The van der Waals surface area contributed by atoms with Crippen molar-refractivity contribution >= 4 is 58.6 Å². The molecule has 0 aliphatic carbocycles. The van der Waals surface area contributed by atoms with Crippen LogP contribution in [0.4, 0.5) is 0 Å². The highest BCUT2D eigenvalue weighted by Gasteiger charge is 2.58. The summed E-state index contributed by atoms with van der Waals surface area (Å²) < 4.78 is 50.2. The van der Waals surface area contributed by atoms with Gasteiger partial charge in [-0.05, 0) is 160 Å². The molecule has 2 aromatic rings. The minimum Gasteiger partial charge on any atom is -0.497 e. The van der Waals surface area contributed by atoms with Gasteiger partial charge in [-0.1, -0.05) is 85.3 Å². The number of allylic oxidation sites excluding steroid dienone is 6. The molecule has 0 spiro atoms. The quantitative estimate of drug-likeness (QED) is 0.0376. The Labute approximate surface area is 429 Å². The van der Waals surface area contributed by atoms with Crippen molar-refractivity contribution in [3.63, 3.8) is 0 Å². The highest BCUT2D eigenvalue weighted by atomic mass is 28.5. The average molecular weight is 1060 g/mol. The van der Waals surface area contributed by atoms with Crippen LogP contribution in [-0.2, 0) is 42.9 Å². The van der Waals surface area contributed by atoms with Gasteiger partial charge in [0.1, 0.15) is 12.0 Å². The van der Waals surface area contributed by atoms with Gasteiger partial charge in [0.2, 0.25) is 0 Å². The summed E-state index contributed by atoms with van der Waals surface area (Å²) in [4.78, 5) is 11.0. The molecule has 0 heterocycles. The molecule has 0 saturated heterocycles. The third kappa shape index (κ3) is 28.9. The van der Waals surface area contributed by atoms with E-state index < -0.39 is 52.3 Å². The number of ether oxygens (including phenoxy) is 1. The largest absolute Gasteiger partial charge is 0.661 e. The molecular formula is C54H96O9Si6. The van der Waals surface area contributed by atoms with Gasteiger partial charge in [0.05, 0.1) is 15.2 Å². The van der Waals surface area contributed by atoms with Gasteiger partial charge >= 0.3 is 17.9 Å². The molecule has 0 N–H and O–H groups in total. The molecule has 0 aliphatic rings. The Kier molecular flexibility index (Phi) is 34.9. The van der Waals surface area contributed by atoms with Crippen molar-refractivity contribution in [2.45, 2.75) is 180 Å². The fourth-order valence-electron chi connectivity index (χ4n) is 8.06. The number of hydrogen-bond donors (Lipinski definition) is 0. The second kappa shape index (κ2) is 36.3. The van der Waals surface area contributed by atoms with Crippen molar-refractivity contribution in [2.75, 3.05) is 7.11 Å². The summed E-state index contributed by atoms with van der Waals surface area (Å²) in [7, 11) is -10.7. The molecule has 0 aromatic heterocycles. The van der Waals surface area contributed by atoms with E-state index in [0.29, 0.717) is 11.6 Å². The van der Waals surface area contributed by atoms with Crippen LogP contribution >= 0.6 is 0 Å². The average Bonchev–Trinajstić information content (AvgIpc) is 3.23. The molecule has 0 unspecified atom stereocenters. The second-order valence-corrected chi connectivity index (χ2v) is 38.4. The molecule has 0 saturated carbocycles. The first-order valence-electron chi connectivity index (χ1n) is 25.2. The Bertz CT molecular complexity index is 1640. The van der Waals surface area contributed by atoms with Gasteiger partial charge < -0.3 is 34.8 Å². The molecule has 390 valence electrons. The van der Waals surface area contributed by atoms with Crippen LogP contribution in [0.2, 0.25) is 74.5 Å². The van der Waals surface area contributed by atoms with Crippen molar-refractivity contribution < 1.29 is 39.6 Å². The zero-order valence-corrected chi connectivity index (χ0v) is 51.8. The number of rotatable bonds is 36. The van der Waals surface area contributed by atoms with Gasteiger partial charge in [-0.3, -0.25) is 4.79 Å². The lowest BCUT2D eigenvalue weighted by Gasteiger charge is -2.41. The monoisotopic (exact) mass is 1060 g/mol. The third-order valence-corrected chi connectivity index (χ3v) is 31.7. The fraction of sp³-hybridized carbons (Fsp3) is 0.537. The van der Waals surface area contributed by atoms with E-state index in [1.807, 2.05) is 110 Å². The molecule has 15 heteroatoms. The summed E-state index contributed by atoms with van der Waals surface area (Å²) in [5, 5.41) is 0. The molecule has 69 heavy (non-hydrogen) atoms. The normalized spacial score (nSPS) is 12.1. The van der Waals surface area contributed by atoms with Crippen LogP contribution in [0.5, 0.6) is 5.75 Å². The summed E-state index contributed by atoms with van der Waals surface area (Å²) in [5.41, 5.74) is 3.20. The minimum absolute atomic E-state index is 0.0987. The van der Waals surface area contributed by atoms with Crippen molar-refractivity contribution in [1.29, 1.82) is 0 Å². The molecule has 0 radical (unpaired) electrons. The molecular weight excluding hydrogens is 961 g/mol. The Hall–Kier alpha value is -2.63. The van der Waals surface area contributed by atoms with Gasteiger partial charge in [-0.25, -0.2) is 0 Å². The van der Waals surface area contributed by atoms with Gasteiger partial charge in [0, 0.05) is 36.0 Å². The summed E-state index contributed by atoms with van der Waals surface area (Å²) in [5.74, 6) is 0.924. The maximum Gasteiger partial charge on any atom is 0.661 e. The maximum atomic E-state index is 11.0.